The van der Waals surface area contributed by atoms with E-state index >= 15 is 0 Å². The van der Waals surface area contributed by atoms with Gasteiger partial charge in [0, 0.05) is 24.7 Å². The molecule has 1 saturated heterocycles. The highest BCUT2D eigenvalue weighted by Crippen LogP contribution is 2.19. The van der Waals surface area contributed by atoms with Crippen LogP contribution in [0.5, 0.6) is 5.75 Å². The summed E-state index contributed by atoms with van der Waals surface area (Å²) >= 11 is 0. The van der Waals surface area contributed by atoms with Crippen molar-refractivity contribution in [3.05, 3.63) is 36.5 Å². The molecule has 1 aromatic heterocycles. The van der Waals surface area contributed by atoms with Crippen LogP contribution < -0.4 is 10.1 Å². The van der Waals surface area contributed by atoms with Gasteiger partial charge in [-0.05, 0) is 30.7 Å². The SMILES string of the molecule is CN(C(=O)NCCOc1ccc2ncccc2c1)C1CCS(=O)(=O)C1. The van der Waals surface area contributed by atoms with Crippen LogP contribution >= 0.6 is 0 Å². The Morgan fingerprint density at radius 2 is 2.24 bits per heavy atom. The van der Waals surface area contributed by atoms with Crippen LogP contribution in [0.4, 0.5) is 4.79 Å². The van der Waals surface area contributed by atoms with Crippen molar-refractivity contribution in [3.63, 3.8) is 0 Å². The summed E-state index contributed by atoms with van der Waals surface area (Å²) in [5.74, 6) is 0.901. The number of nitrogens with zero attached hydrogens (tertiary/aromatic N) is 2. The summed E-state index contributed by atoms with van der Waals surface area (Å²) in [5.41, 5.74) is 0.899. The number of carbonyl (C=O) groups excluding carboxylic acids is 1. The largest absolute Gasteiger partial charge is 0.492 e. The Morgan fingerprint density at radius 1 is 1.40 bits per heavy atom. The molecule has 2 heterocycles. The molecule has 134 valence electrons. The minimum atomic E-state index is -3.00. The zero-order chi connectivity index (χ0) is 17.9. The summed E-state index contributed by atoms with van der Waals surface area (Å²) in [6, 6.07) is 8.92. The number of carbonyl (C=O) groups is 1. The van der Waals surface area contributed by atoms with E-state index in [9.17, 15) is 13.2 Å². The molecule has 8 heteroatoms. The molecule has 1 N–H and O–H groups in total. The van der Waals surface area contributed by atoms with Crippen LogP contribution in [0.25, 0.3) is 10.9 Å². The number of pyridine rings is 1. The Kier molecular flexibility index (Phi) is 5.08. The van der Waals surface area contributed by atoms with E-state index in [4.69, 9.17) is 4.74 Å². The van der Waals surface area contributed by atoms with E-state index in [0.29, 0.717) is 25.3 Å². The van der Waals surface area contributed by atoms with Crippen molar-refractivity contribution < 1.29 is 17.9 Å². The van der Waals surface area contributed by atoms with Crippen molar-refractivity contribution in [1.82, 2.24) is 15.2 Å². The highest BCUT2D eigenvalue weighted by molar-refractivity contribution is 7.91. The molecule has 2 amide bonds. The topological polar surface area (TPSA) is 88.6 Å². The first-order valence-electron chi connectivity index (χ1n) is 8.13. The molecule has 1 aromatic carbocycles. The number of ether oxygens (including phenoxy) is 1. The normalized spacial score (nSPS) is 18.8. The number of nitrogens with one attached hydrogen (secondary N) is 1. The lowest BCUT2D eigenvalue weighted by Gasteiger charge is -2.23. The zero-order valence-corrected chi connectivity index (χ0v) is 14.8. The van der Waals surface area contributed by atoms with Gasteiger partial charge in [0.2, 0.25) is 0 Å². The van der Waals surface area contributed by atoms with Gasteiger partial charge in [-0.25, -0.2) is 13.2 Å². The fourth-order valence-electron chi connectivity index (χ4n) is 2.84. The Hall–Kier alpha value is -2.35. The van der Waals surface area contributed by atoms with Crippen molar-refractivity contribution in [2.75, 3.05) is 31.7 Å². The molecule has 1 atom stereocenters. The molecule has 0 saturated carbocycles. The Labute approximate surface area is 146 Å². The van der Waals surface area contributed by atoms with E-state index in [1.54, 1.807) is 13.2 Å². The van der Waals surface area contributed by atoms with Crippen LogP contribution in [0, 0.1) is 0 Å². The van der Waals surface area contributed by atoms with Crippen LogP contribution in [0.2, 0.25) is 0 Å². The van der Waals surface area contributed by atoms with Crippen LogP contribution in [-0.4, -0.2) is 62.1 Å². The average Bonchev–Trinajstić information content (AvgIpc) is 2.97. The first-order chi connectivity index (χ1) is 11.9. The van der Waals surface area contributed by atoms with Crippen LogP contribution in [0.15, 0.2) is 36.5 Å². The maximum absolute atomic E-state index is 12.1. The first kappa shape index (κ1) is 17.5. The maximum Gasteiger partial charge on any atom is 0.317 e. The quantitative estimate of drug-likeness (QED) is 0.812. The lowest BCUT2D eigenvalue weighted by Crippen LogP contribution is -2.45. The lowest BCUT2D eigenvalue weighted by atomic mass is 10.2. The smallest absolute Gasteiger partial charge is 0.317 e. The summed E-state index contributed by atoms with van der Waals surface area (Å²) in [7, 11) is -1.38. The molecule has 0 bridgehead atoms. The average molecular weight is 363 g/mol. The minimum Gasteiger partial charge on any atom is -0.492 e. The number of hydrogen-bond donors (Lipinski definition) is 1. The van der Waals surface area contributed by atoms with Gasteiger partial charge in [-0.15, -0.1) is 0 Å². The van der Waals surface area contributed by atoms with Crippen molar-refractivity contribution >= 4 is 26.8 Å². The van der Waals surface area contributed by atoms with E-state index in [1.807, 2.05) is 30.3 Å². The maximum atomic E-state index is 12.1. The Morgan fingerprint density at radius 3 is 3.00 bits per heavy atom. The minimum absolute atomic E-state index is 0.0402. The molecule has 1 aliphatic rings. The summed E-state index contributed by atoms with van der Waals surface area (Å²) in [5, 5.41) is 3.74. The molecule has 0 spiro atoms. The molecule has 0 aliphatic carbocycles. The molecule has 3 rings (SSSR count). The lowest BCUT2D eigenvalue weighted by molar-refractivity contribution is 0.192. The number of rotatable bonds is 5. The van der Waals surface area contributed by atoms with Gasteiger partial charge in [0.05, 0.1) is 23.6 Å². The van der Waals surface area contributed by atoms with Gasteiger partial charge in [0.15, 0.2) is 9.84 Å². The molecule has 2 aromatic rings. The van der Waals surface area contributed by atoms with E-state index in [-0.39, 0.29) is 23.6 Å². The number of hydrogen-bond acceptors (Lipinski definition) is 5. The van der Waals surface area contributed by atoms with Crippen LogP contribution in [0.3, 0.4) is 0 Å². The van der Waals surface area contributed by atoms with Gasteiger partial charge in [0.25, 0.3) is 0 Å². The second kappa shape index (κ2) is 7.26. The van der Waals surface area contributed by atoms with Gasteiger partial charge in [-0.2, -0.15) is 0 Å². The predicted octanol–water partition coefficient (Wildman–Crippen LogP) is 1.44. The molecule has 7 nitrogen and oxygen atoms in total. The second-order valence-electron chi connectivity index (χ2n) is 6.11. The molecule has 1 unspecified atom stereocenters. The number of fused-ring (bicyclic) bond motifs is 1. The fourth-order valence-corrected chi connectivity index (χ4v) is 4.62. The third-order valence-electron chi connectivity index (χ3n) is 4.30. The molecule has 0 radical (unpaired) electrons. The van der Waals surface area contributed by atoms with Crippen molar-refractivity contribution in [2.24, 2.45) is 0 Å². The zero-order valence-electron chi connectivity index (χ0n) is 14.0. The first-order valence-corrected chi connectivity index (χ1v) is 9.95. The van der Waals surface area contributed by atoms with Crippen LogP contribution in [0.1, 0.15) is 6.42 Å². The third kappa shape index (κ3) is 4.39. The van der Waals surface area contributed by atoms with Gasteiger partial charge in [-0.1, -0.05) is 6.07 Å². The Balaban J connectivity index is 1.45. The fraction of sp³-hybridized carbons (Fsp3) is 0.412. The monoisotopic (exact) mass is 363 g/mol. The molecule has 25 heavy (non-hydrogen) atoms. The molecular weight excluding hydrogens is 342 g/mol. The molecule has 1 aliphatic heterocycles. The van der Waals surface area contributed by atoms with Gasteiger partial charge < -0.3 is 15.0 Å². The van der Waals surface area contributed by atoms with Crippen molar-refractivity contribution in [1.29, 1.82) is 0 Å². The summed E-state index contributed by atoms with van der Waals surface area (Å²) in [6.07, 6.45) is 2.23. The van der Waals surface area contributed by atoms with Gasteiger partial charge in [0.1, 0.15) is 12.4 Å². The third-order valence-corrected chi connectivity index (χ3v) is 6.05. The van der Waals surface area contributed by atoms with Gasteiger partial charge >= 0.3 is 6.03 Å². The highest BCUT2D eigenvalue weighted by atomic mass is 32.2. The van der Waals surface area contributed by atoms with E-state index in [2.05, 4.69) is 10.3 Å². The van der Waals surface area contributed by atoms with E-state index in [0.717, 1.165) is 10.9 Å². The number of sulfone groups is 1. The van der Waals surface area contributed by atoms with Gasteiger partial charge in [-0.3, -0.25) is 4.98 Å². The number of amides is 2. The second-order valence-corrected chi connectivity index (χ2v) is 8.33. The number of benzene rings is 1. The highest BCUT2D eigenvalue weighted by Gasteiger charge is 2.32. The van der Waals surface area contributed by atoms with Crippen LogP contribution in [-0.2, 0) is 9.84 Å². The molecular formula is C17H21N3O4S. The summed E-state index contributed by atoms with van der Waals surface area (Å²) in [6.45, 7) is 0.669. The van der Waals surface area contributed by atoms with Crippen molar-refractivity contribution in [3.8, 4) is 5.75 Å². The van der Waals surface area contributed by atoms with E-state index in [1.165, 1.54) is 4.90 Å². The van der Waals surface area contributed by atoms with Crippen molar-refractivity contribution in [2.45, 2.75) is 12.5 Å². The predicted molar refractivity (Wildman–Crippen MR) is 95.5 cm³/mol. The molecule has 1 fully saturated rings. The standard InChI is InChI=1S/C17H21N3O4S/c1-20(14-6-10-25(22,23)12-14)17(21)19-8-9-24-15-4-5-16-13(11-15)3-2-7-18-16/h2-5,7,11,14H,6,8-10,12H2,1H3,(H,19,21). The number of aromatic nitrogens is 1. The summed E-state index contributed by atoms with van der Waals surface area (Å²) < 4.78 is 28.6. The number of urea groups is 1. The summed E-state index contributed by atoms with van der Waals surface area (Å²) in [4.78, 5) is 17.8. The van der Waals surface area contributed by atoms with E-state index < -0.39 is 9.84 Å². The Bertz CT molecular complexity index is 869.